The first kappa shape index (κ1) is 18.9. The highest BCUT2D eigenvalue weighted by molar-refractivity contribution is 8.00. The van der Waals surface area contributed by atoms with Gasteiger partial charge in [0, 0.05) is 17.3 Å². The number of ether oxygens (including phenoxy) is 1. The minimum absolute atomic E-state index is 0.0929. The van der Waals surface area contributed by atoms with Gasteiger partial charge in [-0.05, 0) is 42.3 Å². The second-order valence-electron chi connectivity index (χ2n) is 6.02. The van der Waals surface area contributed by atoms with E-state index in [-0.39, 0.29) is 11.2 Å². The van der Waals surface area contributed by atoms with Gasteiger partial charge < -0.3 is 4.74 Å². The molecule has 2 aromatic rings. The van der Waals surface area contributed by atoms with Crippen molar-refractivity contribution in [2.45, 2.75) is 24.0 Å². The van der Waals surface area contributed by atoms with Crippen LogP contribution in [0.2, 0.25) is 0 Å². The van der Waals surface area contributed by atoms with Crippen LogP contribution in [0.5, 0.6) is 5.75 Å². The van der Waals surface area contributed by atoms with Crippen LogP contribution in [-0.4, -0.2) is 35.0 Å². The summed E-state index contributed by atoms with van der Waals surface area (Å²) in [6.07, 6.45) is 1.99. The van der Waals surface area contributed by atoms with E-state index in [2.05, 4.69) is 22.7 Å². The molecule has 0 aliphatic carbocycles. The molecule has 136 valence electrons. The number of hydrogen-bond donors (Lipinski definition) is 1. The summed E-state index contributed by atoms with van der Waals surface area (Å²) in [5, 5.41) is 3.89. The first-order valence-corrected chi connectivity index (χ1v) is 10.7. The Bertz CT molecular complexity index is 731. The van der Waals surface area contributed by atoms with E-state index in [9.17, 15) is 4.79 Å². The number of hydrazone groups is 1. The largest absolute Gasteiger partial charge is 0.489 e. The second kappa shape index (κ2) is 9.69. The van der Waals surface area contributed by atoms with E-state index < -0.39 is 0 Å². The molecule has 1 aliphatic heterocycles. The van der Waals surface area contributed by atoms with E-state index in [0.717, 1.165) is 28.6 Å². The summed E-state index contributed by atoms with van der Waals surface area (Å²) < 4.78 is 5.80. The van der Waals surface area contributed by atoms with Gasteiger partial charge >= 0.3 is 0 Å². The monoisotopic (exact) mass is 386 g/mol. The summed E-state index contributed by atoms with van der Waals surface area (Å²) in [6, 6.07) is 17.9. The quantitative estimate of drug-likeness (QED) is 0.551. The Hall–Kier alpha value is -1.92. The first-order valence-electron chi connectivity index (χ1n) is 8.53. The first-order chi connectivity index (χ1) is 12.7. The normalized spacial score (nSPS) is 15.4. The van der Waals surface area contributed by atoms with Gasteiger partial charge in [-0.2, -0.15) is 16.9 Å². The van der Waals surface area contributed by atoms with Gasteiger partial charge in [0.1, 0.15) is 11.9 Å². The summed E-state index contributed by atoms with van der Waals surface area (Å²) >= 11 is 3.49. The molecule has 3 rings (SSSR count). The molecule has 1 N–H and O–H groups in total. The van der Waals surface area contributed by atoms with Crippen molar-refractivity contribution in [2.75, 3.05) is 11.5 Å². The van der Waals surface area contributed by atoms with E-state index in [4.69, 9.17) is 4.74 Å². The third-order valence-corrected chi connectivity index (χ3v) is 6.32. The molecule has 0 unspecified atom stereocenters. The molecule has 0 radical (unpaired) electrons. The molecule has 1 heterocycles. The van der Waals surface area contributed by atoms with Crippen molar-refractivity contribution in [1.82, 2.24) is 5.43 Å². The van der Waals surface area contributed by atoms with Gasteiger partial charge in [0.2, 0.25) is 0 Å². The standard InChI is InChI=1S/C20H22N2O2S2/c1-15(26-12-17-5-3-2-4-6-17)20(23)22-21-11-16-7-9-18(10-8-16)24-19-13-25-14-19/h2-11,15,19H,12-14H2,1H3,(H,22,23)/b21-11-/t15-/m1/s1. The second-order valence-corrected chi connectivity index (χ2v) is 8.42. The van der Waals surface area contributed by atoms with Gasteiger partial charge in [0.15, 0.2) is 0 Å². The average Bonchev–Trinajstić information content (AvgIpc) is 2.64. The molecule has 1 fully saturated rings. The maximum absolute atomic E-state index is 12.1. The van der Waals surface area contributed by atoms with Crippen molar-refractivity contribution < 1.29 is 9.53 Å². The third kappa shape index (κ3) is 5.81. The Morgan fingerprint density at radius 3 is 2.65 bits per heavy atom. The summed E-state index contributed by atoms with van der Waals surface area (Å²) in [7, 11) is 0. The highest BCUT2D eigenvalue weighted by Crippen LogP contribution is 2.23. The molecule has 0 spiro atoms. The Kier molecular flexibility index (Phi) is 7.03. The molecule has 1 aliphatic rings. The molecular formula is C20H22N2O2S2. The third-order valence-electron chi connectivity index (χ3n) is 3.89. The van der Waals surface area contributed by atoms with E-state index >= 15 is 0 Å². The zero-order chi connectivity index (χ0) is 18.2. The lowest BCUT2D eigenvalue weighted by molar-refractivity contribution is -0.120. The SMILES string of the molecule is C[C@@H](SCc1ccccc1)C(=O)N/N=C\c1ccc(OC2CSC2)cc1. The van der Waals surface area contributed by atoms with Crippen LogP contribution in [-0.2, 0) is 10.5 Å². The Labute approximate surface area is 162 Å². The Morgan fingerprint density at radius 1 is 1.27 bits per heavy atom. The number of amides is 1. The smallest absolute Gasteiger partial charge is 0.252 e. The molecule has 1 atom stereocenters. The molecule has 0 aromatic heterocycles. The molecule has 0 bridgehead atoms. The molecule has 4 nitrogen and oxygen atoms in total. The molecule has 1 saturated heterocycles. The maximum Gasteiger partial charge on any atom is 0.252 e. The molecule has 1 amide bonds. The van der Waals surface area contributed by atoms with Crippen LogP contribution >= 0.6 is 23.5 Å². The number of nitrogens with zero attached hydrogens (tertiary/aromatic N) is 1. The number of carbonyl (C=O) groups excluding carboxylic acids is 1. The van der Waals surface area contributed by atoms with Crippen LogP contribution in [0.3, 0.4) is 0 Å². The summed E-state index contributed by atoms with van der Waals surface area (Å²) in [4.78, 5) is 12.1. The predicted octanol–water partition coefficient (Wildman–Crippen LogP) is 3.95. The van der Waals surface area contributed by atoms with Gasteiger partial charge in [-0.15, -0.1) is 11.8 Å². The fourth-order valence-electron chi connectivity index (χ4n) is 2.24. The van der Waals surface area contributed by atoms with Gasteiger partial charge in [0.25, 0.3) is 5.91 Å². The van der Waals surface area contributed by atoms with E-state index in [1.807, 2.05) is 61.2 Å². The Balaban J connectivity index is 1.41. The number of hydrogen-bond acceptors (Lipinski definition) is 5. The van der Waals surface area contributed by atoms with Gasteiger partial charge in [0.05, 0.1) is 11.5 Å². The number of thioether (sulfide) groups is 2. The summed E-state index contributed by atoms with van der Waals surface area (Å²) in [6.45, 7) is 1.89. The summed E-state index contributed by atoms with van der Waals surface area (Å²) in [5.41, 5.74) is 4.74. The van der Waals surface area contributed by atoms with Crippen molar-refractivity contribution in [1.29, 1.82) is 0 Å². The van der Waals surface area contributed by atoms with Crippen LogP contribution < -0.4 is 10.2 Å². The number of rotatable bonds is 8. The van der Waals surface area contributed by atoms with Crippen molar-refractivity contribution in [3.63, 3.8) is 0 Å². The molecule has 2 aromatic carbocycles. The zero-order valence-corrected chi connectivity index (χ0v) is 16.3. The van der Waals surface area contributed by atoms with Crippen molar-refractivity contribution >= 4 is 35.6 Å². The lowest BCUT2D eigenvalue weighted by Crippen LogP contribution is -2.30. The van der Waals surface area contributed by atoms with Crippen LogP contribution in [0.4, 0.5) is 0 Å². The lowest BCUT2D eigenvalue weighted by Gasteiger charge is -2.25. The zero-order valence-electron chi connectivity index (χ0n) is 14.6. The highest BCUT2D eigenvalue weighted by atomic mass is 32.2. The minimum atomic E-state index is -0.163. The topological polar surface area (TPSA) is 50.7 Å². The molecule has 6 heteroatoms. The summed E-state index contributed by atoms with van der Waals surface area (Å²) in [5.74, 6) is 3.72. The fraction of sp³-hybridized carbons (Fsp3) is 0.300. The number of benzene rings is 2. The minimum Gasteiger partial charge on any atom is -0.489 e. The highest BCUT2D eigenvalue weighted by Gasteiger charge is 2.19. The predicted molar refractivity (Wildman–Crippen MR) is 111 cm³/mol. The van der Waals surface area contributed by atoms with Crippen LogP contribution in [0.1, 0.15) is 18.1 Å². The average molecular weight is 387 g/mol. The van der Waals surface area contributed by atoms with E-state index in [1.165, 1.54) is 5.56 Å². The van der Waals surface area contributed by atoms with Crippen molar-refractivity contribution in [2.24, 2.45) is 5.10 Å². The number of carbonyl (C=O) groups is 1. The Morgan fingerprint density at radius 2 is 2.00 bits per heavy atom. The van der Waals surface area contributed by atoms with Crippen molar-refractivity contribution in [3.8, 4) is 5.75 Å². The van der Waals surface area contributed by atoms with Gasteiger partial charge in [-0.1, -0.05) is 30.3 Å². The fourth-order valence-corrected chi connectivity index (χ4v) is 3.64. The number of nitrogens with one attached hydrogen (secondary N) is 1. The lowest BCUT2D eigenvalue weighted by atomic mass is 10.2. The van der Waals surface area contributed by atoms with Crippen LogP contribution in [0.25, 0.3) is 0 Å². The maximum atomic E-state index is 12.1. The van der Waals surface area contributed by atoms with Gasteiger partial charge in [-0.25, -0.2) is 5.43 Å². The molecular weight excluding hydrogens is 364 g/mol. The van der Waals surface area contributed by atoms with Gasteiger partial charge in [-0.3, -0.25) is 4.79 Å². The van der Waals surface area contributed by atoms with E-state index in [1.54, 1.807) is 18.0 Å². The van der Waals surface area contributed by atoms with Crippen LogP contribution in [0.15, 0.2) is 59.7 Å². The molecule has 26 heavy (non-hydrogen) atoms. The molecule has 0 saturated carbocycles. The van der Waals surface area contributed by atoms with Crippen molar-refractivity contribution in [3.05, 3.63) is 65.7 Å². The van der Waals surface area contributed by atoms with Crippen LogP contribution in [0, 0.1) is 0 Å². The van der Waals surface area contributed by atoms with E-state index in [0.29, 0.717) is 6.10 Å².